The summed E-state index contributed by atoms with van der Waals surface area (Å²) in [6, 6.07) is 4.41. The molecule has 3 N–H and O–H groups in total. The molecule has 0 heterocycles. The molecule has 2 nitrogen and oxygen atoms in total. The van der Waals surface area contributed by atoms with Gasteiger partial charge in [0.25, 0.3) is 0 Å². The summed E-state index contributed by atoms with van der Waals surface area (Å²) in [7, 11) is 0. The Morgan fingerprint density at radius 1 is 1.19 bits per heavy atom. The van der Waals surface area contributed by atoms with Crippen LogP contribution in [-0.4, -0.2) is 6.54 Å². The van der Waals surface area contributed by atoms with E-state index in [-0.39, 0.29) is 5.41 Å². The van der Waals surface area contributed by atoms with E-state index in [4.69, 9.17) is 5.73 Å². The van der Waals surface area contributed by atoms with E-state index in [1.807, 2.05) is 0 Å². The van der Waals surface area contributed by atoms with Gasteiger partial charge in [-0.1, -0.05) is 46.1 Å². The Morgan fingerprint density at radius 2 is 1.86 bits per heavy atom. The van der Waals surface area contributed by atoms with Gasteiger partial charge in [0.05, 0.1) is 0 Å². The van der Waals surface area contributed by atoms with Crippen molar-refractivity contribution in [3.05, 3.63) is 27.7 Å². The van der Waals surface area contributed by atoms with Crippen LogP contribution < -0.4 is 11.1 Å². The molecule has 3 heteroatoms. The van der Waals surface area contributed by atoms with Gasteiger partial charge in [-0.2, -0.15) is 0 Å². The SMILES string of the molecule is CC(C)(C)c1cc(CNCC2CCCCC2)cc(Br)c1N. The number of rotatable bonds is 4. The lowest BCUT2D eigenvalue weighted by molar-refractivity contribution is 0.342. The molecule has 0 spiro atoms. The first-order valence-electron chi connectivity index (χ1n) is 8.17. The van der Waals surface area contributed by atoms with Crippen molar-refractivity contribution in [1.29, 1.82) is 0 Å². The number of hydrogen-bond donors (Lipinski definition) is 2. The number of halogens is 1. The van der Waals surface area contributed by atoms with Crippen molar-refractivity contribution in [2.45, 2.75) is 64.8 Å². The molecule has 1 fully saturated rings. The van der Waals surface area contributed by atoms with Crippen LogP contribution in [0.3, 0.4) is 0 Å². The second-order valence-electron chi connectivity index (χ2n) is 7.42. The molecule has 0 atom stereocenters. The van der Waals surface area contributed by atoms with Gasteiger partial charge in [-0.05, 0) is 63.8 Å². The molecule has 0 unspecified atom stereocenters. The van der Waals surface area contributed by atoms with E-state index in [9.17, 15) is 0 Å². The van der Waals surface area contributed by atoms with Gasteiger partial charge in [0.2, 0.25) is 0 Å². The third kappa shape index (κ3) is 4.72. The summed E-state index contributed by atoms with van der Waals surface area (Å²) in [5.41, 5.74) is 9.71. The van der Waals surface area contributed by atoms with Crippen LogP contribution in [0.2, 0.25) is 0 Å². The summed E-state index contributed by atoms with van der Waals surface area (Å²) in [6.07, 6.45) is 7.04. The Balaban J connectivity index is 1.98. The fourth-order valence-corrected chi connectivity index (χ4v) is 3.72. The van der Waals surface area contributed by atoms with Crippen molar-refractivity contribution in [2.24, 2.45) is 5.92 Å². The number of anilines is 1. The molecule has 1 aromatic rings. The van der Waals surface area contributed by atoms with Crippen LogP contribution >= 0.6 is 15.9 Å². The Morgan fingerprint density at radius 3 is 2.48 bits per heavy atom. The highest BCUT2D eigenvalue weighted by Crippen LogP contribution is 2.34. The first-order chi connectivity index (χ1) is 9.88. The summed E-state index contributed by atoms with van der Waals surface area (Å²) in [6.45, 7) is 8.71. The van der Waals surface area contributed by atoms with Crippen LogP contribution in [0, 0.1) is 5.92 Å². The minimum Gasteiger partial charge on any atom is -0.398 e. The molecule has 0 saturated heterocycles. The molecule has 0 amide bonds. The van der Waals surface area contributed by atoms with E-state index in [1.165, 1.54) is 43.2 Å². The molecular formula is C18H29BrN2. The Hall–Kier alpha value is -0.540. The molecule has 1 aromatic carbocycles. The normalized spacial score (nSPS) is 17.1. The smallest absolute Gasteiger partial charge is 0.0496 e. The summed E-state index contributed by atoms with van der Waals surface area (Å²) in [5.74, 6) is 0.873. The van der Waals surface area contributed by atoms with Gasteiger partial charge in [0.15, 0.2) is 0 Å². The fourth-order valence-electron chi connectivity index (χ4n) is 3.21. The largest absolute Gasteiger partial charge is 0.398 e. The monoisotopic (exact) mass is 352 g/mol. The van der Waals surface area contributed by atoms with E-state index in [0.717, 1.165) is 29.2 Å². The molecule has 21 heavy (non-hydrogen) atoms. The third-order valence-corrected chi connectivity index (χ3v) is 5.14. The van der Waals surface area contributed by atoms with E-state index in [1.54, 1.807) is 0 Å². The first-order valence-corrected chi connectivity index (χ1v) is 8.96. The first kappa shape index (κ1) is 16.8. The van der Waals surface area contributed by atoms with Crippen LogP contribution in [0.15, 0.2) is 16.6 Å². The summed E-state index contributed by atoms with van der Waals surface area (Å²) >= 11 is 3.61. The zero-order valence-corrected chi connectivity index (χ0v) is 15.2. The number of hydrogen-bond acceptors (Lipinski definition) is 2. The van der Waals surface area contributed by atoms with Gasteiger partial charge in [-0.3, -0.25) is 0 Å². The molecule has 1 aliphatic carbocycles. The zero-order chi connectivity index (χ0) is 15.5. The van der Waals surface area contributed by atoms with Crippen molar-refractivity contribution >= 4 is 21.6 Å². The number of nitrogens with two attached hydrogens (primary N) is 1. The summed E-state index contributed by atoms with van der Waals surface area (Å²) < 4.78 is 1.02. The lowest BCUT2D eigenvalue weighted by atomic mass is 9.85. The van der Waals surface area contributed by atoms with Crippen LogP contribution in [0.5, 0.6) is 0 Å². The molecule has 1 saturated carbocycles. The Bertz CT molecular complexity index is 471. The molecule has 2 rings (SSSR count). The summed E-state index contributed by atoms with van der Waals surface area (Å²) in [5, 5.41) is 3.64. The van der Waals surface area contributed by atoms with Crippen molar-refractivity contribution in [1.82, 2.24) is 5.32 Å². The molecule has 118 valence electrons. The molecule has 0 aliphatic heterocycles. The average molecular weight is 353 g/mol. The lowest BCUT2D eigenvalue weighted by Crippen LogP contribution is -2.24. The quantitative estimate of drug-likeness (QED) is 0.748. The second-order valence-corrected chi connectivity index (χ2v) is 8.28. The van der Waals surface area contributed by atoms with E-state index in [2.05, 4.69) is 54.2 Å². The third-order valence-electron chi connectivity index (χ3n) is 4.48. The van der Waals surface area contributed by atoms with Crippen molar-refractivity contribution in [3.8, 4) is 0 Å². The van der Waals surface area contributed by atoms with Gasteiger partial charge in [-0.15, -0.1) is 0 Å². The van der Waals surface area contributed by atoms with E-state index >= 15 is 0 Å². The highest BCUT2D eigenvalue weighted by atomic mass is 79.9. The standard InChI is InChI=1S/C18H29BrN2/c1-18(2,3)15-9-14(10-16(19)17(15)20)12-21-11-13-7-5-4-6-8-13/h9-10,13,21H,4-8,11-12,20H2,1-3H3. The van der Waals surface area contributed by atoms with E-state index in [0.29, 0.717) is 0 Å². The van der Waals surface area contributed by atoms with E-state index < -0.39 is 0 Å². The van der Waals surface area contributed by atoms with Crippen molar-refractivity contribution < 1.29 is 0 Å². The summed E-state index contributed by atoms with van der Waals surface area (Å²) in [4.78, 5) is 0. The predicted octanol–water partition coefficient (Wildman–Crippen LogP) is 5.00. The van der Waals surface area contributed by atoms with Gasteiger partial charge in [-0.25, -0.2) is 0 Å². The lowest BCUT2D eigenvalue weighted by Gasteiger charge is -2.24. The zero-order valence-electron chi connectivity index (χ0n) is 13.6. The molecule has 1 aliphatic rings. The molecule has 0 aromatic heterocycles. The predicted molar refractivity (Wildman–Crippen MR) is 95.5 cm³/mol. The number of nitrogen functional groups attached to an aromatic ring is 1. The maximum atomic E-state index is 6.22. The van der Waals surface area contributed by atoms with Crippen molar-refractivity contribution in [3.63, 3.8) is 0 Å². The average Bonchev–Trinajstić information content (AvgIpc) is 2.42. The maximum absolute atomic E-state index is 6.22. The number of nitrogens with one attached hydrogen (secondary N) is 1. The molecule has 0 radical (unpaired) electrons. The highest BCUT2D eigenvalue weighted by molar-refractivity contribution is 9.10. The van der Waals surface area contributed by atoms with Gasteiger partial charge in [0, 0.05) is 16.7 Å². The second kappa shape index (κ2) is 7.15. The van der Waals surface area contributed by atoms with Crippen LogP contribution in [-0.2, 0) is 12.0 Å². The highest BCUT2D eigenvalue weighted by Gasteiger charge is 2.19. The van der Waals surface area contributed by atoms with Crippen LogP contribution in [0.1, 0.15) is 64.0 Å². The topological polar surface area (TPSA) is 38.0 Å². The van der Waals surface area contributed by atoms with Gasteiger partial charge < -0.3 is 11.1 Å². The fraction of sp³-hybridized carbons (Fsp3) is 0.667. The number of benzene rings is 1. The minimum atomic E-state index is 0.0754. The molecule has 0 bridgehead atoms. The van der Waals surface area contributed by atoms with Crippen LogP contribution in [0.25, 0.3) is 0 Å². The molecular weight excluding hydrogens is 324 g/mol. The van der Waals surface area contributed by atoms with Gasteiger partial charge >= 0.3 is 0 Å². The minimum absolute atomic E-state index is 0.0754. The maximum Gasteiger partial charge on any atom is 0.0496 e. The van der Waals surface area contributed by atoms with Crippen LogP contribution in [0.4, 0.5) is 5.69 Å². The van der Waals surface area contributed by atoms with Gasteiger partial charge in [0.1, 0.15) is 0 Å². The Labute approximate surface area is 138 Å². The van der Waals surface area contributed by atoms with Crippen molar-refractivity contribution in [2.75, 3.05) is 12.3 Å². The Kier molecular flexibility index (Phi) is 5.73.